The van der Waals surface area contributed by atoms with Crippen LogP contribution in [0.3, 0.4) is 0 Å². The van der Waals surface area contributed by atoms with Gasteiger partial charge in [-0.3, -0.25) is 4.79 Å². The molecule has 0 saturated heterocycles. The fourth-order valence-electron chi connectivity index (χ4n) is 3.00. The van der Waals surface area contributed by atoms with E-state index in [1.165, 1.54) is 11.6 Å². The standard InChI is InChI=1S/C18H25NO3S/c1-6-23(21,22)14-9-7-8-13(11-14)19-17(20)16-15(10-12(2)3)18(16,4)5/h7-11,15-16H,6H2,1-5H3,(H,19,20). The van der Waals surface area contributed by atoms with E-state index in [-0.39, 0.29) is 33.8 Å². The molecule has 126 valence electrons. The van der Waals surface area contributed by atoms with Crippen LogP contribution >= 0.6 is 0 Å². The molecule has 1 aromatic carbocycles. The summed E-state index contributed by atoms with van der Waals surface area (Å²) < 4.78 is 23.9. The molecule has 1 amide bonds. The number of anilines is 1. The molecule has 0 aliphatic heterocycles. The first-order valence-corrected chi connectivity index (χ1v) is 9.53. The Hall–Kier alpha value is -1.62. The lowest BCUT2D eigenvalue weighted by atomic mass is 10.1. The lowest BCUT2D eigenvalue weighted by molar-refractivity contribution is -0.118. The van der Waals surface area contributed by atoms with Gasteiger partial charge >= 0.3 is 0 Å². The number of amides is 1. The van der Waals surface area contributed by atoms with Crippen molar-refractivity contribution in [2.24, 2.45) is 17.3 Å². The summed E-state index contributed by atoms with van der Waals surface area (Å²) in [4.78, 5) is 12.8. The van der Waals surface area contributed by atoms with Crippen molar-refractivity contribution in [3.05, 3.63) is 35.9 Å². The molecule has 1 fully saturated rings. The summed E-state index contributed by atoms with van der Waals surface area (Å²) in [6, 6.07) is 6.46. The predicted molar refractivity (Wildman–Crippen MR) is 93.0 cm³/mol. The molecular formula is C18H25NO3S. The number of hydrogen-bond donors (Lipinski definition) is 1. The third-order valence-electron chi connectivity index (χ3n) is 4.55. The van der Waals surface area contributed by atoms with Gasteiger partial charge in [0.2, 0.25) is 5.91 Å². The quantitative estimate of drug-likeness (QED) is 0.835. The zero-order valence-electron chi connectivity index (χ0n) is 14.4. The first-order valence-electron chi connectivity index (χ1n) is 7.88. The summed E-state index contributed by atoms with van der Waals surface area (Å²) in [5.74, 6) is 0.144. The predicted octanol–water partition coefficient (Wildman–Crippen LogP) is 3.66. The highest BCUT2D eigenvalue weighted by atomic mass is 32.2. The fraction of sp³-hybridized carbons (Fsp3) is 0.500. The smallest absolute Gasteiger partial charge is 0.228 e. The number of allylic oxidation sites excluding steroid dienone is 2. The molecule has 0 heterocycles. The largest absolute Gasteiger partial charge is 0.326 e. The minimum absolute atomic E-state index is 0.0443. The topological polar surface area (TPSA) is 63.2 Å². The van der Waals surface area contributed by atoms with Gasteiger partial charge < -0.3 is 5.32 Å². The molecule has 2 rings (SSSR count). The third-order valence-corrected chi connectivity index (χ3v) is 6.28. The lowest BCUT2D eigenvalue weighted by Crippen LogP contribution is -2.17. The minimum atomic E-state index is -3.27. The monoisotopic (exact) mass is 335 g/mol. The molecule has 1 saturated carbocycles. The SMILES string of the molecule is CCS(=O)(=O)c1cccc(NC(=O)C2C(C=C(C)C)C2(C)C)c1. The Bertz CT molecular complexity index is 743. The van der Waals surface area contributed by atoms with Gasteiger partial charge in [-0.25, -0.2) is 8.42 Å². The van der Waals surface area contributed by atoms with E-state index in [9.17, 15) is 13.2 Å². The van der Waals surface area contributed by atoms with Gasteiger partial charge in [0, 0.05) is 5.69 Å². The maximum atomic E-state index is 12.5. The van der Waals surface area contributed by atoms with Gasteiger partial charge in [-0.1, -0.05) is 38.5 Å². The van der Waals surface area contributed by atoms with Gasteiger partial charge in [0.1, 0.15) is 0 Å². The van der Waals surface area contributed by atoms with E-state index in [4.69, 9.17) is 0 Å². The van der Waals surface area contributed by atoms with E-state index in [0.717, 1.165) is 0 Å². The van der Waals surface area contributed by atoms with Gasteiger partial charge in [0.05, 0.1) is 16.6 Å². The number of benzene rings is 1. The van der Waals surface area contributed by atoms with E-state index in [2.05, 4.69) is 25.2 Å². The average Bonchev–Trinajstić information content (AvgIpc) is 2.99. The second-order valence-electron chi connectivity index (χ2n) is 6.99. The van der Waals surface area contributed by atoms with Crippen molar-refractivity contribution >= 4 is 21.4 Å². The molecular weight excluding hydrogens is 310 g/mol. The number of hydrogen-bond acceptors (Lipinski definition) is 3. The Morgan fingerprint density at radius 2 is 1.96 bits per heavy atom. The Kier molecular flexibility index (Phi) is 4.71. The van der Waals surface area contributed by atoms with Crippen molar-refractivity contribution in [3.8, 4) is 0 Å². The normalized spacial score (nSPS) is 22.3. The molecule has 2 unspecified atom stereocenters. The van der Waals surface area contributed by atoms with Gasteiger partial charge in [-0.15, -0.1) is 0 Å². The third kappa shape index (κ3) is 3.66. The van der Waals surface area contributed by atoms with Crippen LogP contribution in [-0.2, 0) is 14.6 Å². The fourth-order valence-corrected chi connectivity index (χ4v) is 3.93. The lowest BCUT2D eigenvalue weighted by Gasteiger charge is -2.08. The van der Waals surface area contributed by atoms with Crippen LogP contribution in [0.25, 0.3) is 0 Å². The molecule has 1 aliphatic carbocycles. The maximum absolute atomic E-state index is 12.5. The molecule has 4 nitrogen and oxygen atoms in total. The van der Waals surface area contributed by atoms with Gasteiger partial charge in [0.25, 0.3) is 0 Å². The van der Waals surface area contributed by atoms with Crippen molar-refractivity contribution in [3.63, 3.8) is 0 Å². The Morgan fingerprint density at radius 3 is 2.52 bits per heavy atom. The van der Waals surface area contributed by atoms with Crippen LogP contribution in [0.2, 0.25) is 0 Å². The van der Waals surface area contributed by atoms with E-state index >= 15 is 0 Å². The number of nitrogens with one attached hydrogen (secondary N) is 1. The van der Waals surface area contributed by atoms with Crippen molar-refractivity contribution in [2.75, 3.05) is 11.1 Å². The molecule has 23 heavy (non-hydrogen) atoms. The van der Waals surface area contributed by atoms with Crippen LogP contribution in [0.5, 0.6) is 0 Å². The Balaban J connectivity index is 2.16. The molecule has 0 bridgehead atoms. The maximum Gasteiger partial charge on any atom is 0.228 e. The highest BCUT2D eigenvalue weighted by Gasteiger charge is 2.60. The van der Waals surface area contributed by atoms with Crippen molar-refractivity contribution in [1.82, 2.24) is 0 Å². The van der Waals surface area contributed by atoms with E-state index in [1.54, 1.807) is 25.1 Å². The summed E-state index contributed by atoms with van der Waals surface area (Å²) in [5, 5.41) is 2.87. The molecule has 0 aromatic heterocycles. The van der Waals surface area contributed by atoms with Gasteiger partial charge in [0.15, 0.2) is 9.84 Å². The second-order valence-corrected chi connectivity index (χ2v) is 9.27. The average molecular weight is 335 g/mol. The van der Waals surface area contributed by atoms with E-state index < -0.39 is 9.84 Å². The van der Waals surface area contributed by atoms with Crippen LogP contribution in [-0.4, -0.2) is 20.1 Å². The van der Waals surface area contributed by atoms with Crippen LogP contribution in [0.1, 0.15) is 34.6 Å². The summed E-state index contributed by atoms with van der Waals surface area (Å²) in [6.45, 7) is 9.83. The van der Waals surface area contributed by atoms with Crippen LogP contribution in [0.15, 0.2) is 40.8 Å². The van der Waals surface area contributed by atoms with Gasteiger partial charge in [-0.05, 0) is 43.4 Å². The molecule has 1 aromatic rings. The summed E-state index contributed by atoms with van der Waals surface area (Å²) in [6.07, 6.45) is 2.14. The zero-order chi connectivity index (χ0) is 17.4. The van der Waals surface area contributed by atoms with Crippen molar-refractivity contribution in [2.45, 2.75) is 39.5 Å². The Morgan fingerprint density at radius 1 is 1.30 bits per heavy atom. The van der Waals surface area contributed by atoms with Crippen molar-refractivity contribution < 1.29 is 13.2 Å². The highest BCUT2D eigenvalue weighted by molar-refractivity contribution is 7.91. The molecule has 1 aliphatic rings. The first-order chi connectivity index (χ1) is 10.6. The van der Waals surface area contributed by atoms with Crippen LogP contribution in [0.4, 0.5) is 5.69 Å². The van der Waals surface area contributed by atoms with E-state index in [0.29, 0.717) is 5.69 Å². The zero-order valence-corrected chi connectivity index (χ0v) is 15.2. The minimum Gasteiger partial charge on any atom is -0.326 e. The highest BCUT2D eigenvalue weighted by Crippen LogP contribution is 2.59. The number of carbonyl (C=O) groups excluding carboxylic acids is 1. The summed E-state index contributed by atoms with van der Waals surface area (Å²) in [5.41, 5.74) is 1.67. The van der Waals surface area contributed by atoms with Gasteiger partial charge in [-0.2, -0.15) is 0 Å². The summed E-state index contributed by atoms with van der Waals surface area (Å²) in [7, 11) is -3.27. The number of carbonyl (C=O) groups is 1. The first kappa shape index (κ1) is 17.7. The molecule has 5 heteroatoms. The van der Waals surface area contributed by atoms with E-state index in [1.807, 2.05) is 13.8 Å². The molecule has 1 N–H and O–H groups in total. The number of rotatable bonds is 5. The van der Waals surface area contributed by atoms with Crippen molar-refractivity contribution in [1.29, 1.82) is 0 Å². The number of sulfone groups is 1. The van der Waals surface area contributed by atoms with Crippen LogP contribution in [0, 0.1) is 17.3 Å². The molecule has 0 spiro atoms. The summed E-state index contributed by atoms with van der Waals surface area (Å²) >= 11 is 0. The molecule has 2 atom stereocenters. The van der Waals surface area contributed by atoms with Crippen LogP contribution < -0.4 is 5.32 Å². The molecule has 0 radical (unpaired) electrons. The second kappa shape index (κ2) is 6.11. The Labute approximate surface area is 138 Å².